The van der Waals surface area contributed by atoms with E-state index in [4.69, 9.17) is 0 Å². The zero-order chi connectivity index (χ0) is 7.49. The number of hydrogen-bond acceptors (Lipinski definition) is 1. The molecule has 0 aromatic heterocycles. The molecule has 0 aliphatic heterocycles. The Morgan fingerprint density at radius 2 is 1.89 bits per heavy atom. The van der Waals surface area contributed by atoms with Crippen LogP contribution in [0.1, 0.15) is 0 Å². The van der Waals surface area contributed by atoms with Gasteiger partial charge in [-0.1, -0.05) is 0 Å². The minimum atomic E-state index is -4.65. The van der Waals surface area contributed by atoms with Crippen LogP contribution in [0, 0.1) is 0 Å². The number of alkyl halides is 3. The van der Waals surface area contributed by atoms with Crippen molar-refractivity contribution >= 4 is 8.23 Å². The summed E-state index contributed by atoms with van der Waals surface area (Å²) in [7, 11) is -2.05. The SMILES string of the molecule is CNCP(F)C(F)(F)F. The number of nitrogens with one attached hydrogen (secondary N) is 1. The van der Waals surface area contributed by atoms with Gasteiger partial charge in [0.25, 0.3) is 0 Å². The van der Waals surface area contributed by atoms with Crippen LogP contribution < -0.4 is 5.32 Å². The van der Waals surface area contributed by atoms with E-state index in [-0.39, 0.29) is 0 Å². The smallest absolute Gasteiger partial charge is 0.313 e. The Morgan fingerprint density at radius 1 is 1.44 bits per heavy atom. The van der Waals surface area contributed by atoms with Crippen molar-refractivity contribution in [2.75, 3.05) is 13.3 Å². The molecule has 0 heterocycles. The normalized spacial score (nSPS) is 15.7. The summed E-state index contributed by atoms with van der Waals surface area (Å²) in [5.74, 6) is -4.65. The zero-order valence-electron chi connectivity index (χ0n) is 4.67. The van der Waals surface area contributed by atoms with Gasteiger partial charge in [-0.3, -0.25) is 0 Å². The minimum Gasteiger partial charge on any atom is -0.313 e. The topological polar surface area (TPSA) is 12.0 Å². The lowest BCUT2D eigenvalue weighted by Gasteiger charge is -2.09. The van der Waals surface area contributed by atoms with Crippen LogP contribution in [0.2, 0.25) is 0 Å². The zero-order valence-corrected chi connectivity index (χ0v) is 5.56. The number of rotatable bonds is 2. The van der Waals surface area contributed by atoms with Crippen LogP contribution in [-0.4, -0.2) is 19.3 Å². The molecule has 0 radical (unpaired) electrons. The highest BCUT2D eigenvalue weighted by atomic mass is 31.2. The van der Waals surface area contributed by atoms with Crippen LogP contribution in [0.5, 0.6) is 0 Å². The summed E-state index contributed by atoms with van der Waals surface area (Å²) in [6, 6.07) is 0. The summed E-state index contributed by atoms with van der Waals surface area (Å²) >= 11 is 0. The van der Waals surface area contributed by atoms with Crippen molar-refractivity contribution in [1.82, 2.24) is 5.32 Å². The van der Waals surface area contributed by atoms with Crippen molar-refractivity contribution in [2.45, 2.75) is 5.92 Å². The molecular formula is C3H6F4NP. The summed E-state index contributed by atoms with van der Waals surface area (Å²) in [5, 5.41) is 2.11. The maximum absolute atomic E-state index is 11.8. The van der Waals surface area contributed by atoms with Gasteiger partial charge in [0.15, 0.2) is 0 Å². The van der Waals surface area contributed by atoms with Crippen molar-refractivity contribution in [3.63, 3.8) is 0 Å². The molecule has 1 N–H and O–H groups in total. The highest BCUT2D eigenvalue weighted by Crippen LogP contribution is 2.53. The molecule has 56 valence electrons. The second kappa shape index (κ2) is 3.32. The van der Waals surface area contributed by atoms with E-state index in [2.05, 4.69) is 5.32 Å². The van der Waals surface area contributed by atoms with Crippen LogP contribution >= 0.6 is 8.23 Å². The second-order valence-electron chi connectivity index (χ2n) is 1.34. The van der Waals surface area contributed by atoms with Crippen LogP contribution in [-0.2, 0) is 0 Å². The Bertz CT molecular complexity index is 82.4. The average Bonchev–Trinajstić information content (AvgIpc) is 1.64. The molecule has 1 nitrogen and oxygen atoms in total. The molecular weight excluding hydrogens is 157 g/mol. The molecule has 1 atom stereocenters. The summed E-state index contributed by atoms with van der Waals surface area (Å²) in [6.07, 6.45) is -0.612. The molecule has 0 rings (SSSR count). The first-order valence-corrected chi connectivity index (χ1v) is 3.55. The van der Waals surface area contributed by atoms with Gasteiger partial charge in [-0.2, -0.15) is 13.2 Å². The quantitative estimate of drug-likeness (QED) is 0.485. The highest BCUT2D eigenvalue weighted by Gasteiger charge is 2.40. The summed E-state index contributed by atoms with van der Waals surface area (Å²) in [5.41, 5.74) is 0. The van der Waals surface area contributed by atoms with E-state index in [1.165, 1.54) is 7.05 Å². The Morgan fingerprint density at radius 3 is 2.00 bits per heavy atom. The average molecular weight is 163 g/mol. The summed E-state index contributed by atoms with van der Waals surface area (Å²) < 4.78 is 45.5. The Kier molecular flexibility index (Phi) is 3.36. The first-order chi connectivity index (χ1) is 3.98. The molecule has 0 bridgehead atoms. The van der Waals surface area contributed by atoms with Crippen molar-refractivity contribution in [3.8, 4) is 0 Å². The monoisotopic (exact) mass is 163 g/mol. The molecule has 0 saturated carbocycles. The molecule has 0 aromatic rings. The van der Waals surface area contributed by atoms with E-state index >= 15 is 0 Å². The minimum absolute atomic E-state index is 0.612. The third-order valence-corrected chi connectivity index (χ3v) is 1.72. The Balaban J connectivity index is 3.59. The fourth-order valence-corrected chi connectivity index (χ4v) is 0.685. The van der Waals surface area contributed by atoms with Gasteiger partial charge >= 0.3 is 5.92 Å². The fraction of sp³-hybridized carbons (Fsp3) is 1.00. The number of hydrogen-bond donors (Lipinski definition) is 1. The van der Waals surface area contributed by atoms with Crippen LogP contribution in [0.25, 0.3) is 0 Å². The molecule has 0 aromatic carbocycles. The van der Waals surface area contributed by atoms with Gasteiger partial charge in [-0.25, -0.2) is 4.20 Å². The lowest BCUT2D eigenvalue weighted by molar-refractivity contribution is -0.0444. The molecule has 0 fully saturated rings. The predicted molar refractivity (Wildman–Crippen MR) is 28.0 cm³/mol. The maximum atomic E-state index is 11.8. The van der Waals surface area contributed by atoms with Crippen LogP contribution in [0.4, 0.5) is 17.4 Å². The van der Waals surface area contributed by atoms with E-state index < -0.39 is 20.4 Å². The van der Waals surface area contributed by atoms with Gasteiger partial charge in [0.1, 0.15) is 0 Å². The van der Waals surface area contributed by atoms with Gasteiger partial charge in [-0.15, -0.1) is 0 Å². The van der Waals surface area contributed by atoms with E-state index in [1.807, 2.05) is 0 Å². The van der Waals surface area contributed by atoms with Crippen molar-refractivity contribution in [3.05, 3.63) is 0 Å². The van der Waals surface area contributed by atoms with Crippen molar-refractivity contribution < 1.29 is 17.4 Å². The van der Waals surface area contributed by atoms with Gasteiger partial charge in [0.05, 0.1) is 6.29 Å². The number of halogens is 4. The van der Waals surface area contributed by atoms with Crippen LogP contribution in [0.3, 0.4) is 0 Å². The van der Waals surface area contributed by atoms with E-state index in [9.17, 15) is 17.4 Å². The van der Waals surface area contributed by atoms with Crippen molar-refractivity contribution in [2.24, 2.45) is 0 Å². The standard InChI is InChI=1S/C3H6F4NP/c1-8-2-9(7)3(4,5)6/h8H,2H2,1H3. The Labute approximate surface area is 51.3 Å². The third-order valence-electron chi connectivity index (χ3n) is 0.572. The van der Waals surface area contributed by atoms with E-state index in [0.29, 0.717) is 0 Å². The predicted octanol–water partition coefficient (Wildman–Crippen LogP) is 2.05. The largest absolute Gasteiger partial charge is 0.436 e. The van der Waals surface area contributed by atoms with Gasteiger partial charge in [0.2, 0.25) is 8.23 Å². The first-order valence-electron chi connectivity index (χ1n) is 2.13. The summed E-state index contributed by atoms with van der Waals surface area (Å²) in [6.45, 7) is 0. The highest BCUT2D eigenvalue weighted by molar-refractivity contribution is 7.53. The lowest BCUT2D eigenvalue weighted by Crippen LogP contribution is -2.12. The molecule has 0 saturated heterocycles. The molecule has 0 amide bonds. The molecule has 6 heteroatoms. The molecule has 0 spiro atoms. The first kappa shape index (κ1) is 9.11. The van der Waals surface area contributed by atoms with Gasteiger partial charge in [0, 0.05) is 0 Å². The lowest BCUT2D eigenvalue weighted by atomic mass is 11.3. The third kappa shape index (κ3) is 3.65. The van der Waals surface area contributed by atoms with Gasteiger partial charge in [-0.05, 0) is 7.05 Å². The van der Waals surface area contributed by atoms with Gasteiger partial charge < -0.3 is 5.32 Å². The van der Waals surface area contributed by atoms with Crippen molar-refractivity contribution in [1.29, 1.82) is 0 Å². The molecule has 1 unspecified atom stereocenters. The molecule has 0 aliphatic rings. The van der Waals surface area contributed by atoms with E-state index in [1.54, 1.807) is 0 Å². The molecule has 0 aliphatic carbocycles. The maximum Gasteiger partial charge on any atom is 0.436 e. The second-order valence-corrected chi connectivity index (χ2v) is 2.89. The van der Waals surface area contributed by atoms with Crippen LogP contribution in [0.15, 0.2) is 0 Å². The fourth-order valence-electron chi connectivity index (χ4n) is 0.228. The Hall–Kier alpha value is 0.110. The summed E-state index contributed by atoms with van der Waals surface area (Å²) in [4.78, 5) is 0. The molecule has 9 heavy (non-hydrogen) atoms. The van der Waals surface area contributed by atoms with E-state index in [0.717, 1.165) is 0 Å².